The van der Waals surface area contributed by atoms with Gasteiger partial charge in [-0.05, 0) is 30.3 Å². The number of nitrogens with zero attached hydrogens (tertiary/aromatic N) is 1. The minimum absolute atomic E-state index is 0.0599. The highest BCUT2D eigenvalue weighted by Gasteiger charge is 2.16. The third-order valence-electron chi connectivity index (χ3n) is 3.21. The Morgan fingerprint density at radius 2 is 1.83 bits per heavy atom. The zero-order valence-electron chi connectivity index (χ0n) is 12.0. The number of rotatable bonds is 4. The highest BCUT2D eigenvalue weighted by Crippen LogP contribution is 2.23. The van der Waals surface area contributed by atoms with Crippen molar-refractivity contribution in [1.29, 1.82) is 0 Å². The van der Waals surface area contributed by atoms with Crippen molar-refractivity contribution in [3.8, 4) is 0 Å². The van der Waals surface area contributed by atoms with Crippen molar-refractivity contribution in [2.75, 3.05) is 4.72 Å². The summed E-state index contributed by atoms with van der Waals surface area (Å²) in [6.07, 6.45) is 0. The summed E-state index contributed by atoms with van der Waals surface area (Å²) in [7, 11) is -3.95. The van der Waals surface area contributed by atoms with Crippen LogP contribution in [0, 0.1) is 10.1 Å². The van der Waals surface area contributed by atoms with E-state index in [0.717, 1.165) is 6.07 Å². The molecule has 0 aliphatic rings. The molecule has 0 saturated carbocycles. The molecule has 1 N–H and O–H groups in total. The first-order valence-corrected chi connectivity index (χ1v) is 8.15. The lowest BCUT2D eigenvalue weighted by Crippen LogP contribution is -2.13. The van der Waals surface area contributed by atoms with E-state index in [1.807, 2.05) is 0 Å². The highest BCUT2D eigenvalue weighted by atomic mass is 32.2. The molecule has 1 aromatic heterocycles. The molecule has 0 aliphatic carbocycles. The standard InChI is InChI=1S/C15H10N2O6S/c18-15-7-4-10-8-13(5-6-14(10)23-15)24(21,22)16-11-2-1-3-12(9-11)17(19)20/h1-9,16H. The van der Waals surface area contributed by atoms with Crippen LogP contribution in [0.15, 0.2) is 68.7 Å². The van der Waals surface area contributed by atoms with Gasteiger partial charge in [-0.3, -0.25) is 14.8 Å². The van der Waals surface area contributed by atoms with Gasteiger partial charge in [-0.1, -0.05) is 6.07 Å². The van der Waals surface area contributed by atoms with E-state index >= 15 is 0 Å². The molecular weight excluding hydrogens is 336 g/mol. The van der Waals surface area contributed by atoms with Crippen LogP contribution in [0.5, 0.6) is 0 Å². The maximum absolute atomic E-state index is 12.4. The Bertz CT molecular complexity index is 1100. The Hall–Kier alpha value is -3.20. The van der Waals surface area contributed by atoms with E-state index in [0.29, 0.717) is 5.39 Å². The van der Waals surface area contributed by atoms with E-state index in [4.69, 9.17) is 4.42 Å². The van der Waals surface area contributed by atoms with Crippen LogP contribution >= 0.6 is 0 Å². The number of sulfonamides is 1. The fourth-order valence-corrected chi connectivity index (χ4v) is 3.20. The predicted molar refractivity (Wildman–Crippen MR) is 86.4 cm³/mol. The van der Waals surface area contributed by atoms with E-state index in [2.05, 4.69) is 4.72 Å². The molecule has 24 heavy (non-hydrogen) atoms. The summed E-state index contributed by atoms with van der Waals surface area (Å²) in [6, 6.07) is 11.8. The van der Waals surface area contributed by atoms with Crippen molar-refractivity contribution in [1.82, 2.24) is 0 Å². The van der Waals surface area contributed by atoms with Gasteiger partial charge in [-0.2, -0.15) is 0 Å². The fraction of sp³-hybridized carbons (Fsp3) is 0. The molecule has 0 atom stereocenters. The lowest BCUT2D eigenvalue weighted by atomic mass is 10.2. The molecule has 0 saturated heterocycles. The molecule has 3 rings (SSSR count). The summed E-state index contributed by atoms with van der Waals surface area (Å²) in [5, 5.41) is 11.2. The summed E-state index contributed by atoms with van der Waals surface area (Å²) in [6.45, 7) is 0. The number of hydrogen-bond acceptors (Lipinski definition) is 6. The first-order chi connectivity index (χ1) is 11.3. The Kier molecular flexibility index (Phi) is 3.78. The second-order valence-corrected chi connectivity index (χ2v) is 6.55. The number of nitro groups is 1. The van der Waals surface area contributed by atoms with Crippen LogP contribution in [0.2, 0.25) is 0 Å². The average molecular weight is 346 g/mol. The molecule has 3 aromatic rings. The quantitative estimate of drug-likeness (QED) is 0.440. The van der Waals surface area contributed by atoms with E-state index in [9.17, 15) is 23.3 Å². The average Bonchev–Trinajstić information content (AvgIpc) is 2.54. The zero-order chi connectivity index (χ0) is 17.3. The first kappa shape index (κ1) is 15.7. The van der Waals surface area contributed by atoms with Crippen molar-refractivity contribution in [2.24, 2.45) is 0 Å². The normalized spacial score (nSPS) is 11.3. The third-order valence-corrected chi connectivity index (χ3v) is 4.59. The Labute approximate surface area is 135 Å². The number of benzene rings is 2. The van der Waals surface area contributed by atoms with Crippen molar-refractivity contribution >= 4 is 32.4 Å². The van der Waals surface area contributed by atoms with Crippen LogP contribution in [-0.4, -0.2) is 13.3 Å². The predicted octanol–water partition coefficient (Wildman–Crippen LogP) is 2.50. The molecule has 0 spiro atoms. The van der Waals surface area contributed by atoms with E-state index in [-0.39, 0.29) is 21.9 Å². The number of nitrogens with one attached hydrogen (secondary N) is 1. The van der Waals surface area contributed by atoms with E-state index < -0.39 is 20.6 Å². The molecule has 0 amide bonds. The molecule has 122 valence electrons. The van der Waals surface area contributed by atoms with Gasteiger partial charge in [0, 0.05) is 23.6 Å². The van der Waals surface area contributed by atoms with Gasteiger partial charge in [0.1, 0.15) is 5.58 Å². The number of nitro benzene ring substituents is 1. The van der Waals surface area contributed by atoms with Gasteiger partial charge < -0.3 is 4.42 Å². The van der Waals surface area contributed by atoms with Gasteiger partial charge in [0.15, 0.2) is 0 Å². The van der Waals surface area contributed by atoms with Gasteiger partial charge in [0.2, 0.25) is 0 Å². The maximum Gasteiger partial charge on any atom is 0.336 e. The van der Waals surface area contributed by atoms with Gasteiger partial charge in [0.25, 0.3) is 15.7 Å². The molecule has 0 bridgehead atoms. The second kappa shape index (κ2) is 5.78. The fourth-order valence-electron chi connectivity index (χ4n) is 2.11. The van der Waals surface area contributed by atoms with Crippen LogP contribution in [-0.2, 0) is 10.0 Å². The van der Waals surface area contributed by atoms with E-state index in [1.165, 1.54) is 48.5 Å². The zero-order valence-corrected chi connectivity index (χ0v) is 12.8. The molecular formula is C15H10N2O6S. The summed E-state index contributed by atoms with van der Waals surface area (Å²) < 4.78 is 32.1. The lowest BCUT2D eigenvalue weighted by Gasteiger charge is -2.08. The van der Waals surface area contributed by atoms with Crippen LogP contribution in [0.4, 0.5) is 11.4 Å². The van der Waals surface area contributed by atoms with E-state index in [1.54, 1.807) is 0 Å². The van der Waals surface area contributed by atoms with Crippen molar-refractivity contribution in [3.05, 3.63) is 75.1 Å². The lowest BCUT2D eigenvalue weighted by molar-refractivity contribution is -0.384. The van der Waals surface area contributed by atoms with Crippen LogP contribution in [0.3, 0.4) is 0 Å². The summed E-state index contributed by atoms with van der Waals surface area (Å²) >= 11 is 0. The van der Waals surface area contributed by atoms with Crippen LogP contribution in [0.25, 0.3) is 11.0 Å². The second-order valence-electron chi connectivity index (χ2n) is 4.87. The first-order valence-electron chi connectivity index (χ1n) is 6.66. The summed E-state index contributed by atoms with van der Waals surface area (Å²) in [5.41, 5.74) is -0.427. The minimum Gasteiger partial charge on any atom is -0.423 e. The van der Waals surface area contributed by atoms with Crippen molar-refractivity contribution in [2.45, 2.75) is 4.90 Å². The van der Waals surface area contributed by atoms with Crippen molar-refractivity contribution in [3.63, 3.8) is 0 Å². The minimum atomic E-state index is -3.95. The molecule has 9 heteroatoms. The van der Waals surface area contributed by atoms with Gasteiger partial charge >= 0.3 is 5.63 Å². The Morgan fingerprint density at radius 1 is 1.04 bits per heavy atom. The third kappa shape index (κ3) is 3.10. The smallest absolute Gasteiger partial charge is 0.336 e. The molecule has 0 aliphatic heterocycles. The van der Waals surface area contributed by atoms with Crippen LogP contribution in [0.1, 0.15) is 0 Å². The molecule has 0 unspecified atom stereocenters. The molecule has 0 fully saturated rings. The largest absolute Gasteiger partial charge is 0.423 e. The number of anilines is 1. The molecule has 1 heterocycles. The number of fused-ring (bicyclic) bond motifs is 1. The monoisotopic (exact) mass is 346 g/mol. The summed E-state index contributed by atoms with van der Waals surface area (Å²) in [4.78, 5) is 21.2. The molecule has 0 radical (unpaired) electrons. The van der Waals surface area contributed by atoms with Gasteiger partial charge in [0.05, 0.1) is 15.5 Å². The SMILES string of the molecule is O=c1ccc2cc(S(=O)(=O)Nc3cccc([N+](=O)[O-])c3)ccc2o1. The van der Waals surface area contributed by atoms with Crippen molar-refractivity contribution < 1.29 is 17.8 Å². The van der Waals surface area contributed by atoms with Gasteiger partial charge in [-0.25, -0.2) is 13.2 Å². The highest BCUT2D eigenvalue weighted by molar-refractivity contribution is 7.92. The summed E-state index contributed by atoms with van der Waals surface area (Å²) in [5.74, 6) is 0. The number of hydrogen-bond donors (Lipinski definition) is 1. The molecule has 8 nitrogen and oxygen atoms in total. The van der Waals surface area contributed by atoms with Gasteiger partial charge in [-0.15, -0.1) is 0 Å². The Balaban J connectivity index is 1.98. The molecule has 2 aromatic carbocycles. The van der Waals surface area contributed by atoms with Crippen LogP contribution < -0.4 is 10.3 Å². The number of non-ortho nitro benzene ring substituents is 1. The maximum atomic E-state index is 12.4. The Morgan fingerprint density at radius 3 is 2.58 bits per heavy atom. The topological polar surface area (TPSA) is 120 Å².